The van der Waals surface area contributed by atoms with Gasteiger partial charge in [0.1, 0.15) is 0 Å². The molecule has 0 aromatic rings. The first-order valence-electron chi connectivity index (χ1n) is 3.98. The van der Waals surface area contributed by atoms with Gasteiger partial charge in [0, 0.05) is 0 Å². The fraction of sp³-hybridized carbons (Fsp3) is 0.875. The van der Waals surface area contributed by atoms with Crippen LogP contribution < -0.4 is 0 Å². The van der Waals surface area contributed by atoms with E-state index in [0.29, 0.717) is 0 Å². The molecular formula is C8H13F3O3. The van der Waals surface area contributed by atoms with E-state index in [4.69, 9.17) is 5.11 Å². The molecule has 0 aromatic heterocycles. The van der Waals surface area contributed by atoms with Crippen molar-refractivity contribution < 1.29 is 27.8 Å². The molecule has 84 valence electrons. The number of carboxylic acid groups (broad SMARTS) is 1. The zero-order valence-corrected chi connectivity index (χ0v) is 8.18. The first-order valence-corrected chi connectivity index (χ1v) is 3.98. The number of hydrogen-bond acceptors (Lipinski definition) is 2. The van der Waals surface area contributed by atoms with Crippen LogP contribution in [0.2, 0.25) is 0 Å². The van der Waals surface area contributed by atoms with E-state index in [9.17, 15) is 18.0 Å². The van der Waals surface area contributed by atoms with Crippen molar-refractivity contribution in [2.45, 2.75) is 45.1 Å². The summed E-state index contributed by atoms with van der Waals surface area (Å²) in [5.74, 6) is -1.53. The average Bonchev–Trinajstić information content (AvgIpc) is 1.78. The summed E-state index contributed by atoms with van der Waals surface area (Å²) in [7, 11) is 0. The van der Waals surface area contributed by atoms with Gasteiger partial charge in [-0.15, -0.1) is 0 Å². The van der Waals surface area contributed by atoms with Gasteiger partial charge in [-0.1, -0.05) is 0 Å². The number of aliphatic carboxylic acids is 1. The summed E-state index contributed by atoms with van der Waals surface area (Å²) in [6, 6.07) is 0. The maximum atomic E-state index is 12.2. The van der Waals surface area contributed by atoms with Crippen molar-refractivity contribution in [3.8, 4) is 0 Å². The van der Waals surface area contributed by atoms with Gasteiger partial charge in [-0.2, -0.15) is 13.2 Å². The topological polar surface area (TPSA) is 46.5 Å². The van der Waals surface area contributed by atoms with E-state index < -0.39 is 30.3 Å². The second-order valence-electron chi connectivity index (χ2n) is 3.86. The van der Waals surface area contributed by atoms with Gasteiger partial charge in [0.15, 0.2) is 6.10 Å². The van der Waals surface area contributed by atoms with Crippen molar-refractivity contribution in [2.24, 2.45) is 0 Å². The summed E-state index contributed by atoms with van der Waals surface area (Å²) in [5.41, 5.74) is -1.02. The molecular weight excluding hydrogens is 201 g/mol. The lowest BCUT2D eigenvalue weighted by atomic mass is 10.1. The lowest BCUT2D eigenvalue weighted by Crippen LogP contribution is -2.39. The van der Waals surface area contributed by atoms with Crippen LogP contribution in [0, 0.1) is 0 Å². The standard InChI is InChI=1S/C8H13F3O3/c1-7(2,3)14-5(4-6(12)13)8(9,10)11/h5H,4H2,1-3H3,(H,12,13). The second kappa shape index (κ2) is 4.16. The van der Waals surface area contributed by atoms with Gasteiger partial charge in [0.2, 0.25) is 0 Å². The maximum Gasteiger partial charge on any atom is 0.415 e. The third-order valence-electron chi connectivity index (χ3n) is 1.22. The van der Waals surface area contributed by atoms with Crippen molar-refractivity contribution in [1.82, 2.24) is 0 Å². The molecule has 0 heterocycles. The largest absolute Gasteiger partial charge is 0.481 e. The molecule has 0 rings (SSSR count). The number of carbonyl (C=O) groups is 1. The second-order valence-corrected chi connectivity index (χ2v) is 3.86. The third kappa shape index (κ3) is 5.80. The fourth-order valence-electron chi connectivity index (χ4n) is 0.810. The van der Waals surface area contributed by atoms with Crippen LogP contribution in [0.4, 0.5) is 13.2 Å². The molecule has 0 saturated carbocycles. The van der Waals surface area contributed by atoms with Crippen LogP contribution in [0.15, 0.2) is 0 Å². The molecule has 14 heavy (non-hydrogen) atoms. The van der Waals surface area contributed by atoms with Gasteiger partial charge < -0.3 is 9.84 Å². The summed E-state index contributed by atoms with van der Waals surface area (Å²) >= 11 is 0. The van der Waals surface area contributed by atoms with E-state index in [1.165, 1.54) is 20.8 Å². The molecule has 3 nitrogen and oxygen atoms in total. The molecule has 0 aliphatic rings. The Bertz CT molecular complexity index is 205. The Kier molecular flexibility index (Phi) is 3.93. The molecule has 0 aromatic carbocycles. The molecule has 6 heteroatoms. The molecule has 0 bridgehead atoms. The first kappa shape index (κ1) is 13.2. The van der Waals surface area contributed by atoms with Crippen molar-refractivity contribution in [3.05, 3.63) is 0 Å². The third-order valence-corrected chi connectivity index (χ3v) is 1.22. The molecule has 0 spiro atoms. The van der Waals surface area contributed by atoms with Gasteiger partial charge in [0.05, 0.1) is 12.0 Å². The van der Waals surface area contributed by atoms with Gasteiger partial charge >= 0.3 is 12.1 Å². The highest BCUT2D eigenvalue weighted by atomic mass is 19.4. The van der Waals surface area contributed by atoms with Crippen LogP contribution >= 0.6 is 0 Å². The summed E-state index contributed by atoms with van der Waals surface area (Å²) in [6.07, 6.45) is -7.97. The van der Waals surface area contributed by atoms with E-state index in [0.717, 1.165) is 0 Å². The van der Waals surface area contributed by atoms with E-state index in [2.05, 4.69) is 4.74 Å². The smallest absolute Gasteiger partial charge is 0.415 e. The number of halogens is 3. The van der Waals surface area contributed by atoms with E-state index in [1.807, 2.05) is 0 Å². The highest BCUT2D eigenvalue weighted by Gasteiger charge is 2.44. The summed E-state index contributed by atoms with van der Waals surface area (Å²) in [4.78, 5) is 10.2. The minimum Gasteiger partial charge on any atom is -0.481 e. The van der Waals surface area contributed by atoms with Crippen LogP contribution in [0.1, 0.15) is 27.2 Å². The zero-order valence-electron chi connectivity index (χ0n) is 8.18. The number of rotatable bonds is 3. The Morgan fingerprint density at radius 1 is 1.36 bits per heavy atom. The number of alkyl halides is 3. The van der Waals surface area contributed by atoms with Gasteiger partial charge in [-0.05, 0) is 20.8 Å². The number of hydrogen-bond donors (Lipinski definition) is 1. The number of ether oxygens (including phenoxy) is 1. The van der Waals surface area contributed by atoms with Crippen molar-refractivity contribution in [2.75, 3.05) is 0 Å². The molecule has 0 fully saturated rings. The fourth-order valence-corrected chi connectivity index (χ4v) is 0.810. The zero-order chi connectivity index (χ0) is 11.6. The molecule has 0 amide bonds. The highest BCUT2D eigenvalue weighted by molar-refractivity contribution is 5.67. The van der Waals surface area contributed by atoms with E-state index in [1.54, 1.807) is 0 Å². The summed E-state index contributed by atoms with van der Waals surface area (Å²) < 4.78 is 41.3. The van der Waals surface area contributed by atoms with Crippen molar-refractivity contribution in [3.63, 3.8) is 0 Å². The van der Waals surface area contributed by atoms with Gasteiger partial charge in [0.25, 0.3) is 0 Å². The Labute approximate surface area is 79.9 Å². The van der Waals surface area contributed by atoms with Crippen molar-refractivity contribution >= 4 is 5.97 Å². The van der Waals surface area contributed by atoms with Gasteiger partial charge in [-0.25, -0.2) is 0 Å². The SMILES string of the molecule is CC(C)(C)OC(CC(=O)O)C(F)(F)F. The lowest BCUT2D eigenvalue weighted by molar-refractivity contribution is -0.247. The predicted molar refractivity (Wildman–Crippen MR) is 42.9 cm³/mol. The van der Waals surface area contributed by atoms with Crippen LogP contribution in [-0.4, -0.2) is 29.0 Å². The Balaban J connectivity index is 4.50. The van der Waals surface area contributed by atoms with Crippen LogP contribution in [0.25, 0.3) is 0 Å². The Hall–Kier alpha value is -0.780. The lowest BCUT2D eigenvalue weighted by Gasteiger charge is -2.28. The average molecular weight is 214 g/mol. The normalized spacial score (nSPS) is 15.3. The Morgan fingerprint density at radius 3 is 2.00 bits per heavy atom. The first-order chi connectivity index (χ1) is 6.02. The molecule has 0 saturated heterocycles. The molecule has 1 unspecified atom stereocenters. The molecule has 0 aliphatic heterocycles. The highest BCUT2D eigenvalue weighted by Crippen LogP contribution is 2.28. The quantitative estimate of drug-likeness (QED) is 0.783. The maximum absolute atomic E-state index is 12.2. The molecule has 1 atom stereocenters. The van der Waals surface area contributed by atoms with Crippen LogP contribution in [-0.2, 0) is 9.53 Å². The van der Waals surface area contributed by atoms with Crippen LogP contribution in [0.3, 0.4) is 0 Å². The molecule has 0 radical (unpaired) electrons. The minimum atomic E-state index is -4.65. The monoisotopic (exact) mass is 214 g/mol. The number of carboxylic acids is 1. The van der Waals surface area contributed by atoms with Gasteiger partial charge in [-0.3, -0.25) is 4.79 Å². The predicted octanol–water partition coefficient (Wildman–Crippen LogP) is 2.21. The molecule has 1 N–H and O–H groups in total. The van der Waals surface area contributed by atoms with E-state index >= 15 is 0 Å². The van der Waals surface area contributed by atoms with E-state index in [-0.39, 0.29) is 0 Å². The minimum absolute atomic E-state index is 1.02. The summed E-state index contributed by atoms with van der Waals surface area (Å²) in [5, 5.41) is 8.26. The van der Waals surface area contributed by atoms with Crippen LogP contribution in [0.5, 0.6) is 0 Å². The molecule has 0 aliphatic carbocycles. The summed E-state index contributed by atoms with van der Waals surface area (Å²) in [6.45, 7) is 4.31. The Morgan fingerprint density at radius 2 is 1.79 bits per heavy atom. The van der Waals surface area contributed by atoms with Crippen molar-refractivity contribution in [1.29, 1.82) is 0 Å².